The summed E-state index contributed by atoms with van der Waals surface area (Å²) in [5.41, 5.74) is 0.764. The lowest BCUT2D eigenvalue weighted by Gasteiger charge is -2.08. The Hall–Kier alpha value is -2.94. The third-order valence-electron chi connectivity index (χ3n) is 4.64. The molecule has 1 fully saturated rings. The Morgan fingerprint density at radius 3 is 2.38 bits per heavy atom. The van der Waals surface area contributed by atoms with Crippen molar-refractivity contribution in [2.75, 3.05) is 0 Å². The minimum atomic E-state index is -4.53. The number of rotatable bonds is 5. The van der Waals surface area contributed by atoms with E-state index in [0.717, 1.165) is 41.1 Å². The maximum absolute atomic E-state index is 13.0. The summed E-state index contributed by atoms with van der Waals surface area (Å²) in [7, 11) is 0. The van der Waals surface area contributed by atoms with Gasteiger partial charge in [-0.3, -0.25) is 4.79 Å². The maximum Gasteiger partial charge on any atom is 0.416 e. The van der Waals surface area contributed by atoms with Crippen LogP contribution in [-0.2, 0) is 17.6 Å². The molecule has 1 aliphatic heterocycles. The lowest BCUT2D eigenvalue weighted by atomic mass is 10.2. The lowest BCUT2D eigenvalue weighted by Crippen LogP contribution is -2.19. The highest BCUT2D eigenvalue weighted by molar-refractivity contribution is 8.18. The Bertz CT molecular complexity index is 1270. The Morgan fingerprint density at radius 2 is 1.71 bits per heavy atom. The van der Waals surface area contributed by atoms with Gasteiger partial charge in [-0.25, -0.2) is 4.99 Å². The van der Waals surface area contributed by atoms with E-state index in [1.54, 1.807) is 42.5 Å². The summed E-state index contributed by atoms with van der Waals surface area (Å²) in [6.45, 7) is 0.383. The van der Waals surface area contributed by atoms with Crippen LogP contribution in [0.25, 0.3) is 6.08 Å². The Balaban J connectivity index is 1.44. The Morgan fingerprint density at radius 1 is 1.00 bits per heavy atom. The van der Waals surface area contributed by atoms with Gasteiger partial charge >= 0.3 is 6.18 Å². The van der Waals surface area contributed by atoms with Crippen molar-refractivity contribution in [3.8, 4) is 5.75 Å². The van der Waals surface area contributed by atoms with E-state index in [4.69, 9.17) is 27.9 Å². The van der Waals surface area contributed by atoms with E-state index in [2.05, 4.69) is 10.3 Å². The molecule has 1 heterocycles. The van der Waals surface area contributed by atoms with Gasteiger partial charge in [-0.1, -0.05) is 47.5 Å². The minimum absolute atomic E-state index is 0.0435. The number of amidine groups is 1. The van der Waals surface area contributed by atoms with Crippen LogP contribution in [0.3, 0.4) is 0 Å². The number of alkyl halides is 3. The highest BCUT2D eigenvalue weighted by Crippen LogP contribution is 2.36. The fraction of sp³-hybridized carbons (Fsp3) is 0.0833. The van der Waals surface area contributed by atoms with Gasteiger partial charge in [0.05, 0.1) is 21.2 Å². The van der Waals surface area contributed by atoms with Crippen LogP contribution in [0.2, 0.25) is 10.0 Å². The average Bonchev–Trinajstić information content (AvgIpc) is 3.13. The van der Waals surface area contributed by atoms with Crippen LogP contribution in [0.5, 0.6) is 5.75 Å². The number of hydrogen-bond donors (Lipinski definition) is 1. The fourth-order valence-corrected chi connectivity index (χ4v) is 4.04. The van der Waals surface area contributed by atoms with Crippen molar-refractivity contribution in [1.82, 2.24) is 5.32 Å². The van der Waals surface area contributed by atoms with Crippen LogP contribution in [-0.4, -0.2) is 11.1 Å². The number of nitrogens with zero attached hydrogens (tertiary/aromatic N) is 1. The molecule has 174 valence electrons. The molecule has 1 aliphatic rings. The number of carbonyl (C=O) groups is 1. The number of aliphatic imine (C=N–C) groups is 1. The molecule has 1 amide bonds. The van der Waals surface area contributed by atoms with Crippen LogP contribution in [0, 0.1) is 0 Å². The van der Waals surface area contributed by atoms with Crippen LogP contribution >= 0.6 is 35.0 Å². The number of hydrogen-bond acceptors (Lipinski definition) is 4. The quantitative estimate of drug-likeness (QED) is 0.353. The topological polar surface area (TPSA) is 50.7 Å². The predicted molar refractivity (Wildman–Crippen MR) is 129 cm³/mol. The summed E-state index contributed by atoms with van der Waals surface area (Å²) in [6, 6.07) is 17.3. The molecule has 0 radical (unpaired) electrons. The monoisotopic (exact) mass is 522 g/mol. The van der Waals surface area contributed by atoms with Crippen molar-refractivity contribution >= 4 is 57.8 Å². The van der Waals surface area contributed by atoms with Gasteiger partial charge in [0.1, 0.15) is 12.4 Å². The first-order valence-corrected chi connectivity index (χ1v) is 11.4. The second-order valence-corrected chi connectivity index (χ2v) is 9.00. The van der Waals surface area contributed by atoms with Crippen LogP contribution in [0.4, 0.5) is 18.9 Å². The summed E-state index contributed by atoms with van der Waals surface area (Å²) in [4.78, 5) is 16.7. The average molecular weight is 523 g/mol. The molecular formula is C24H15Cl2F3N2O2S. The molecule has 0 aromatic heterocycles. The van der Waals surface area contributed by atoms with Gasteiger partial charge in [-0.2, -0.15) is 13.2 Å². The first-order valence-electron chi connectivity index (χ1n) is 9.81. The second kappa shape index (κ2) is 10.1. The number of ether oxygens (including phenoxy) is 1. The Kier molecular flexibility index (Phi) is 7.21. The van der Waals surface area contributed by atoms with Crippen molar-refractivity contribution in [3.05, 3.63) is 98.4 Å². The van der Waals surface area contributed by atoms with Crippen LogP contribution < -0.4 is 10.1 Å². The zero-order valence-electron chi connectivity index (χ0n) is 17.2. The first-order chi connectivity index (χ1) is 16.2. The number of thioether (sulfide) groups is 1. The molecule has 0 bridgehead atoms. The first kappa shape index (κ1) is 24.2. The van der Waals surface area contributed by atoms with E-state index in [1.165, 1.54) is 0 Å². The lowest BCUT2D eigenvalue weighted by molar-refractivity contribution is -0.137. The van der Waals surface area contributed by atoms with E-state index in [9.17, 15) is 18.0 Å². The summed E-state index contributed by atoms with van der Waals surface area (Å²) >= 11 is 12.9. The number of carbonyl (C=O) groups excluding carboxylic acids is 1. The van der Waals surface area contributed by atoms with Gasteiger partial charge < -0.3 is 10.1 Å². The fourth-order valence-electron chi connectivity index (χ4n) is 2.92. The zero-order chi connectivity index (χ0) is 24.3. The van der Waals surface area contributed by atoms with Gasteiger partial charge in [0.25, 0.3) is 5.91 Å². The third-order valence-corrected chi connectivity index (χ3v) is 6.12. The third kappa shape index (κ3) is 6.14. The summed E-state index contributed by atoms with van der Waals surface area (Å²) < 4.78 is 44.6. The molecular weight excluding hydrogens is 508 g/mol. The van der Waals surface area contributed by atoms with E-state index in [0.29, 0.717) is 22.3 Å². The Labute approximate surface area is 207 Å². The van der Waals surface area contributed by atoms with Gasteiger partial charge in [0.15, 0.2) is 5.17 Å². The standard InChI is InChI=1S/C24H15Cl2F3N2O2S/c25-17-6-1-15(2-7-17)13-33-18-8-3-14(4-9-18)11-21-22(32)31-23(34-21)30-20-12-16(24(27,28)29)5-10-19(20)26/h1-12H,13H2,(H,30,31,32). The molecule has 4 nitrogen and oxygen atoms in total. The molecule has 0 spiro atoms. The number of halogens is 5. The second-order valence-electron chi connectivity index (χ2n) is 7.13. The van der Waals surface area contributed by atoms with Crippen molar-refractivity contribution in [2.24, 2.45) is 4.99 Å². The van der Waals surface area contributed by atoms with Gasteiger partial charge in [-0.05, 0) is 71.4 Å². The van der Waals surface area contributed by atoms with Crippen LogP contribution in [0.15, 0.2) is 76.6 Å². The molecule has 3 aromatic rings. The normalized spacial score (nSPS) is 16.2. The largest absolute Gasteiger partial charge is 0.489 e. The summed E-state index contributed by atoms with van der Waals surface area (Å²) in [5.74, 6) is 0.247. The van der Waals surface area contributed by atoms with Gasteiger partial charge in [0.2, 0.25) is 0 Å². The smallest absolute Gasteiger partial charge is 0.416 e. The molecule has 0 saturated carbocycles. The van der Waals surface area contributed by atoms with E-state index >= 15 is 0 Å². The van der Waals surface area contributed by atoms with Crippen molar-refractivity contribution in [3.63, 3.8) is 0 Å². The highest BCUT2D eigenvalue weighted by atomic mass is 35.5. The molecule has 0 aliphatic carbocycles. The summed E-state index contributed by atoms with van der Waals surface area (Å²) in [5, 5.41) is 3.38. The molecule has 1 saturated heterocycles. The molecule has 0 unspecified atom stereocenters. The van der Waals surface area contributed by atoms with Gasteiger partial charge in [0, 0.05) is 5.02 Å². The molecule has 34 heavy (non-hydrogen) atoms. The van der Waals surface area contributed by atoms with Crippen molar-refractivity contribution in [1.29, 1.82) is 0 Å². The number of benzene rings is 3. The molecule has 0 atom stereocenters. The molecule has 10 heteroatoms. The van der Waals surface area contributed by atoms with Crippen molar-refractivity contribution < 1.29 is 22.7 Å². The predicted octanol–water partition coefficient (Wildman–Crippen LogP) is 7.48. The summed E-state index contributed by atoms with van der Waals surface area (Å²) in [6.07, 6.45) is -2.87. The number of amides is 1. The van der Waals surface area contributed by atoms with Crippen molar-refractivity contribution in [2.45, 2.75) is 12.8 Å². The van der Waals surface area contributed by atoms with Crippen LogP contribution in [0.1, 0.15) is 16.7 Å². The minimum Gasteiger partial charge on any atom is -0.489 e. The SMILES string of the molecule is O=C1NC(=Nc2cc(C(F)(F)F)ccc2Cl)SC1=Cc1ccc(OCc2ccc(Cl)cc2)cc1. The van der Waals surface area contributed by atoms with E-state index in [1.807, 2.05) is 12.1 Å². The highest BCUT2D eigenvalue weighted by Gasteiger charge is 2.31. The van der Waals surface area contributed by atoms with E-state index < -0.39 is 17.6 Å². The van der Waals surface area contributed by atoms with Gasteiger partial charge in [-0.15, -0.1) is 0 Å². The molecule has 1 N–H and O–H groups in total. The maximum atomic E-state index is 13.0. The zero-order valence-corrected chi connectivity index (χ0v) is 19.5. The van der Waals surface area contributed by atoms with E-state index in [-0.39, 0.29) is 15.9 Å². The number of nitrogens with one attached hydrogen (secondary N) is 1. The molecule has 3 aromatic carbocycles. The molecule has 4 rings (SSSR count).